The van der Waals surface area contributed by atoms with Gasteiger partial charge in [-0.3, -0.25) is 0 Å². The molecule has 14 heavy (non-hydrogen) atoms. The molecule has 1 aromatic heterocycles. The monoisotopic (exact) mass is 195 g/mol. The predicted molar refractivity (Wildman–Crippen MR) is 55.7 cm³/mol. The molecular formula is C10H17N3O. The van der Waals surface area contributed by atoms with E-state index in [-0.39, 0.29) is 6.10 Å². The summed E-state index contributed by atoms with van der Waals surface area (Å²) in [6, 6.07) is 1.74. The lowest BCUT2D eigenvalue weighted by Gasteiger charge is -2.09. The highest BCUT2D eigenvalue weighted by Gasteiger charge is 2.03. The number of nitrogens with two attached hydrogens (primary N) is 1. The second-order valence-electron chi connectivity index (χ2n) is 3.38. The van der Waals surface area contributed by atoms with Gasteiger partial charge in [0.1, 0.15) is 12.4 Å². The van der Waals surface area contributed by atoms with Crippen LogP contribution in [0.1, 0.15) is 31.8 Å². The van der Waals surface area contributed by atoms with Crippen molar-refractivity contribution in [3.05, 3.63) is 17.6 Å². The molecule has 0 saturated heterocycles. The first-order valence-electron chi connectivity index (χ1n) is 4.83. The van der Waals surface area contributed by atoms with Gasteiger partial charge in [-0.25, -0.2) is 9.97 Å². The topological polar surface area (TPSA) is 61.0 Å². The minimum atomic E-state index is 0.236. The molecule has 0 aromatic carbocycles. The van der Waals surface area contributed by atoms with Crippen LogP contribution in [0.5, 0.6) is 0 Å². The van der Waals surface area contributed by atoms with E-state index in [4.69, 9.17) is 10.5 Å². The van der Waals surface area contributed by atoms with Gasteiger partial charge in [0.2, 0.25) is 0 Å². The molecule has 78 valence electrons. The van der Waals surface area contributed by atoms with Gasteiger partial charge in [0.05, 0.1) is 6.10 Å². The summed E-state index contributed by atoms with van der Waals surface area (Å²) in [5.41, 5.74) is 6.47. The number of hydrogen-bond donors (Lipinski definition) is 1. The van der Waals surface area contributed by atoms with E-state index < -0.39 is 0 Å². The number of aromatic nitrogens is 2. The molecule has 1 heterocycles. The first kappa shape index (κ1) is 10.9. The van der Waals surface area contributed by atoms with E-state index in [1.807, 2.05) is 13.8 Å². The Morgan fingerprint density at radius 3 is 2.79 bits per heavy atom. The summed E-state index contributed by atoms with van der Waals surface area (Å²) in [6.07, 6.45) is 1.22. The summed E-state index contributed by atoms with van der Waals surface area (Å²) in [7, 11) is 0. The van der Waals surface area contributed by atoms with Crippen molar-refractivity contribution in [2.45, 2.75) is 39.9 Å². The standard InChI is InChI=1S/C10H17N3O/c1-4-8(3)14-6-10-12-7(2)5-9(11)13-10/h5,8H,4,6H2,1-3H3,(H2,11,12,13). The minimum Gasteiger partial charge on any atom is -0.384 e. The van der Waals surface area contributed by atoms with Crippen LogP contribution in [-0.4, -0.2) is 16.1 Å². The molecule has 4 nitrogen and oxygen atoms in total. The van der Waals surface area contributed by atoms with Gasteiger partial charge in [-0.05, 0) is 20.3 Å². The van der Waals surface area contributed by atoms with Gasteiger partial charge in [0, 0.05) is 11.8 Å². The molecular weight excluding hydrogens is 178 g/mol. The van der Waals surface area contributed by atoms with Gasteiger partial charge in [-0.2, -0.15) is 0 Å². The lowest BCUT2D eigenvalue weighted by molar-refractivity contribution is 0.0467. The molecule has 0 bridgehead atoms. The Balaban J connectivity index is 2.58. The number of hydrogen-bond acceptors (Lipinski definition) is 4. The highest BCUT2D eigenvalue weighted by atomic mass is 16.5. The van der Waals surface area contributed by atoms with Gasteiger partial charge in [0.25, 0.3) is 0 Å². The molecule has 1 rings (SSSR count). The number of ether oxygens (including phenoxy) is 1. The van der Waals surface area contributed by atoms with Crippen LogP contribution in [0.25, 0.3) is 0 Å². The quantitative estimate of drug-likeness (QED) is 0.794. The lowest BCUT2D eigenvalue weighted by Crippen LogP contribution is -2.09. The summed E-state index contributed by atoms with van der Waals surface area (Å²) in [4.78, 5) is 8.31. The minimum absolute atomic E-state index is 0.236. The fourth-order valence-corrected chi connectivity index (χ4v) is 1.06. The molecule has 1 aromatic rings. The average Bonchev–Trinajstić information content (AvgIpc) is 2.12. The molecule has 0 aliphatic heterocycles. The van der Waals surface area contributed by atoms with Crippen molar-refractivity contribution in [1.29, 1.82) is 0 Å². The van der Waals surface area contributed by atoms with E-state index in [1.54, 1.807) is 6.07 Å². The molecule has 0 radical (unpaired) electrons. The third-order valence-corrected chi connectivity index (χ3v) is 1.99. The Morgan fingerprint density at radius 1 is 1.50 bits per heavy atom. The van der Waals surface area contributed by atoms with Crippen LogP contribution in [-0.2, 0) is 11.3 Å². The predicted octanol–water partition coefficient (Wildman–Crippen LogP) is 1.68. The number of nitrogens with zero attached hydrogens (tertiary/aromatic N) is 2. The Morgan fingerprint density at radius 2 is 2.21 bits per heavy atom. The normalized spacial score (nSPS) is 12.8. The van der Waals surface area contributed by atoms with E-state index in [0.29, 0.717) is 18.2 Å². The van der Waals surface area contributed by atoms with Crippen molar-refractivity contribution in [2.24, 2.45) is 0 Å². The molecule has 1 atom stereocenters. The molecule has 0 amide bonds. The zero-order chi connectivity index (χ0) is 10.6. The Hall–Kier alpha value is -1.16. The van der Waals surface area contributed by atoms with Crippen molar-refractivity contribution >= 4 is 5.82 Å². The summed E-state index contributed by atoms with van der Waals surface area (Å²) in [5.74, 6) is 1.16. The molecule has 1 unspecified atom stereocenters. The van der Waals surface area contributed by atoms with Crippen molar-refractivity contribution in [3.63, 3.8) is 0 Å². The maximum Gasteiger partial charge on any atom is 0.156 e. The van der Waals surface area contributed by atoms with Crippen LogP contribution in [0.3, 0.4) is 0 Å². The van der Waals surface area contributed by atoms with E-state index >= 15 is 0 Å². The van der Waals surface area contributed by atoms with Gasteiger partial charge in [-0.1, -0.05) is 6.92 Å². The second kappa shape index (κ2) is 4.91. The maximum atomic E-state index is 5.59. The molecule has 2 N–H and O–H groups in total. The lowest BCUT2D eigenvalue weighted by atomic mass is 10.3. The highest BCUT2D eigenvalue weighted by molar-refractivity contribution is 5.28. The van der Waals surface area contributed by atoms with E-state index in [2.05, 4.69) is 16.9 Å². The molecule has 0 saturated carbocycles. The third kappa shape index (κ3) is 3.30. The second-order valence-corrected chi connectivity index (χ2v) is 3.38. The number of aryl methyl sites for hydroxylation is 1. The zero-order valence-corrected chi connectivity index (χ0v) is 8.95. The number of rotatable bonds is 4. The number of anilines is 1. The van der Waals surface area contributed by atoms with Crippen molar-refractivity contribution < 1.29 is 4.74 Å². The Bertz CT molecular complexity index is 281. The van der Waals surface area contributed by atoms with Crippen LogP contribution >= 0.6 is 0 Å². The van der Waals surface area contributed by atoms with Crippen LogP contribution in [0, 0.1) is 6.92 Å². The van der Waals surface area contributed by atoms with Crippen LogP contribution < -0.4 is 5.73 Å². The SMILES string of the molecule is CCC(C)OCc1nc(C)cc(N)n1. The molecule has 0 fully saturated rings. The van der Waals surface area contributed by atoms with Crippen molar-refractivity contribution in [3.8, 4) is 0 Å². The molecule has 0 spiro atoms. The molecule has 0 aliphatic rings. The van der Waals surface area contributed by atoms with Gasteiger partial charge < -0.3 is 10.5 Å². The van der Waals surface area contributed by atoms with E-state index in [1.165, 1.54) is 0 Å². The molecule has 0 aliphatic carbocycles. The fraction of sp³-hybridized carbons (Fsp3) is 0.600. The van der Waals surface area contributed by atoms with Crippen LogP contribution in [0.2, 0.25) is 0 Å². The Kier molecular flexibility index (Phi) is 3.83. The van der Waals surface area contributed by atoms with Crippen molar-refractivity contribution in [2.75, 3.05) is 5.73 Å². The summed E-state index contributed by atoms with van der Waals surface area (Å²) in [5, 5.41) is 0. The zero-order valence-electron chi connectivity index (χ0n) is 8.95. The van der Waals surface area contributed by atoms with E-state index in [9.17, 15) is 0 Å². The van der Waals surface area contributed by atoms with E-state index in [0.717, 1.165) is 12.1 Å². The largest absolute Gasteiger partial charge is 0.384 e. The first-order chi connectivity index (χ1) is 6.61. The van der Waals surface area contributed by atoms with Gasteiger partial charge in [-0.15, -0.1) is 0 Å². The highest BCUT2D eigenvalue weighted by Crippen LogP contribution is 2.05. The summed E-state index contributed by atoms with van der Waals surface area (Å²) < 4.78 is 5.51. The fourth-order valence-electron chi connectivity index (χ4n) is 1.06. The maximum absolute atomic E-state index is 5.59. The average molecular weight is 195 g/mol. The molecule has 4 heteroatoms. The summed E-state index contributed by atoms with van der Waals surface area (Å²) >= 11 is 0. The Labute approximate surface area is 84.5 Å². The van der Waals surface area contributed by atoms with Crippen LogP contribution in [0.15, 0.2) is 6.07 Å². The smallest absolute Gasteiger partial charge is 0.156 e. The number of nitrogen functional groups attached to an aromatic ring is 1. The summed E-state index contributed by atoms with van der Waals surface area (Å²) in [6.45, 7) is 6.43. The van der Waals surface area contributed by atoms with Gasteiger partial charge in [0.15, 0.2) is 5.82 Å². The van der Waals surface area contributed by atoms with Crippen LogP contribution in [0.4, 0.5) is 5.82 Å². The van der Waals surface area contributed by atoms with Gasteiger partial charge >= 0.3 is 0 Å². The van der Waals surface area contributed by atoms with Crippen molar-refractivity contribution in [1.82, 2.24) is 9.97 Å². The first-order valence-corrected chi connectivity index (χ1v) is 4.83. The third-order valence-electron chi connectivity index (χ3n) is 1.99.